The van der Waals surface area contributed by atoms with Gasteiger partial charge in [-0.15, -0.1) is 0 Å². The predicted molar refractivity (Wildman–Crippen MR) is 55.9 cm³/mol. The van der Waals surface area contributed by atoms with E-state index in [0.29, 0.717) is 5.54 Å². The first-order chi connectivity index (χ1) is 6.37. The Morgan fingerprint density at radius 3 is 2.62 bits per heavy atom. The van der Waals surface area contributed by atoms with E-state index >= 15 is 0 Å². The normalized spacial score (nSPS) is 29.3. The lowest BCUT2D eigenvalue weighted by molar-refractivity contribution is 0.0251. The van der Waals surface area contributed by atoms with Crippen molar-refractivity contribution in [2.75, 3.05) is 26.2 Å². The van der Waals surface area contributed by atoms with E-state index < -0.39 is 0 Å². The molecule has 2 saturated heterocycles. The number of hydrogen-bond donors (Lipinski definition) is 1. The molecule has 2 aliphatic heterocycles. The Kier molecular flexibility index (Phi) is 2.89. The van der Waals surface area contributed by atoms with E-state index in [4.69, 9.17) is 0 Å². The molecule has 1 spiro atoms. The predicted octanol–water partition coefficient (Wildman–Crippen LogP) is 1.61. The topological polar surface area (TPSA) is 15.3 Å². The minimum Gasteiger partial charge on any atom is -0.317 e. The quantitative estimate of drug-likeness (QED) is 0.663. The molecule has 1 N–H and O–H groups in total. The molecule has 2 heterocycles. The standard InChI is InChI=1S/C11H22N2/c1-2-13-10-4-3-5-11(13)6-8-12-9-7-11/h12H,2-10H2,1H3. The summed E-state index contributed by atoms with van der Waals surface area (Å²) < 4.78 is 0. The second-order valence-corrected chi connectivity index (χ2v) is 4.51. The molecule has 2 rings (SSSR count). The maximum atomic E-state index is 3.47. The number of nitrogens with one attached hydrogen (secondary N) is 1. The highest BCUT2D eigenvalue weighted by atomic mass is 15.2. The van der Waals surface area contributed by atoms with Crippen molar-refractivity contribution in [2.45, 2.75) is 44.6 Å². The summed E-state index contributed by atoms with van der Waals surface area (Å²) in [6.45, 7) is 7.37. The lowest BCUT2D eigenvalue weighted by Gasteiger charge is -2.49. The van der Waals surface area contributed by atoms with Gasteiger partial charge in [0.15, 0.2) is 0 Å². The Morgan fingerprint density at radius 2 is 1.92 bits per heavy atom. The highest BCUT2D eigenvalue weighted by Crippen LogP contribution is 2.35. The summed E-state index contributed by atoms with van der Waals surface area (Å²) in [4.78, 5) is 2.73. The van der Waals surface area contributed by atoms with Crippen molar-refractivity contribution in [3.05, 3.63) is 0 Å². The fourth-order valence-corrected chi connectivity index (χ4v) is 3.10. The summed E-state index contributed by atoms with van der Waals surface area (Å²) in [5, 5.41) is 3.47. The Morgan fingerprint density at radius 1 is 1.15 bits per heavy atom. The average Bonchev–Trinajstić information content (AvgIpc) is 2.20. The van der Waals surface area contributed by atoms with Crippen molar-refractivity contribution >= 4 is 0 Å². The van der Waals surface area contributed by atoms with Crippen molar-refractivity contribution in [3.63, 3.8) is 0 Å². The Balaban J connectivity index is 2.06. The smallest absolute Gasteiger partial charge is 0.0233 e. The van der Waals surface area contributed by atoms with E-state index in [2.05, 4.69) is 17.1 Å². The number of nitrogens with zero attached hydrogens (tertiary/aromatic N) is 1. The molecule has 76 valence electrons. The zero-order valence-corrected chi connectivity index (χ0v) is 8.81. The number of piperidine rings is 2. The van der Waals surface area contributed by atoms with E-state index in [9.17, 15) is 0 Å². The van der Waals surface area contributed by atoms with Crippen molar-refractivity contribution in [1.82, 2.24) is 10.2 Å². The summed E-state index contributed by atoms with van der Waals surface area (Å²) >= 11 is 0. The summed E-state index contributed by atoms with van der Waals surface area (Å²) in [6, 6.07) is 0. The van der Waals surface area contributed by atoms with Crippen molar-refractivity contribution in [1.29, 1.82) is 0 Å². The molecular formula is C11H22N2. The lowest BCUT2D eigenvalue weighted by Crippen LogP contribution is -2.56. The molecule has 0 aliphatic carbocycles. The highest BCUT2D eigenvalue weighted by molar-refractivity contribution is 4.96. The van der Waals surface area contributed by atoms with Gasteiger partial charge >= 0.3 is 0 Å². The lowest BCUT2D eigenvalue weighted by atomic mass is 9.79. The second kappa shape index (κ2) is 3.97. The largest absolute Gasteiger partial charge is 0.317 e. The zero-order valence-electron chi connectivity index (χ0n) is 8.81. The number of likely N-dealkylation sites (tertiary alicyclic amines) is 1. The van der Waals surface area contributed by atoms with Crippen LogP contribution in [0.2, 0.25) is 0 Å². The van der Waals surface area contributed by atoms with Crippen LogP contribution in [0.1, 0.15) is 39.0 Å². The number of rotatable bonds is 1. The van der Waals surface area contributed by atoms with Crippen molar-refractivity contribution < 1.29 is 0 Å². The minimum atomic E-state index is 0.595. The van der Waals surface area contributed by atoms with Gasteiger partial charge in [0.2, 0.25) is 0 Å². The van der Waals surface area contributed by atoms with Gasteiger partial charge in [0.25, 0.3) is 0 Å². The van der Waals surface area contributed by atoms with Crippen molar-refractivity contribution in [2.24, 2.45) is 0 Å². The van der Waals surface area contributed by atoms with Gasteiger partial charge in [-0.1, -0.05) is 13.3 Å². The Labute approximate surface area is 81.7 Å². The monoisotopic (exact) mass is 182 g/mol. The molecule has 0 radical (unpaired) electrons. The van der Waals surface area contributed by atoms with Gasteiger partial charge in [0, 0.05) is 5.54 Å². The second-order valence-electron chi connectivity index (χ2n) is 4.51. The molecule has 2 nitrogen and oxygen atoms in total. The van der Waals surface area contributed by atoms with Gasteiger partial charge in [0.1, 0.15) is 0 Å². The molecule has 0 aromatic rings. The van der Waals surface area contributed by atoms with E-state index in [1.54, 1.807) is 0 Å². The van der Waals surface area contributed by atoms with Gasteiger partial charge in [-0.25, -0.2) is 0 Å². The molecule has 13 heavy (non-hydrogen) atoms. The highest BCUT2D eigenvalue weighted by Gasteiger charge is 2.38. The minimum absolute atomic E-state index is 0.595. The van der Waals surface area contributed by atoms with E-state index in [-0.39, 0.29) is 0 Å². The number of hydrogen-bond acceptors (Lipinski definition) is 2. The fraction of sp³-hybridized carbons (Fsp3) is 1.00. The molecule has 0 unspecified atom stereocenters. The summed E-state index contributed by atoms with van der Waals surface area (Å²) in [7, 11) is 0. The zero-order chi connectivity index (χ0) is 9.15. The van der Waals surface area contributed by atoms with Crippen LogP contribution < -0.4 is 5.32 Å². The third-order valence-corrected chi connectivity index (χ3v) is 3.91. The van der Waals surface area contributed by atoms with Crippen LogP contribution in [-0.4, -0.2) is 36.6 Å². The molecule has 0 aromatic heterocycles. The molecular weight excluding hydrogens is 160 g/mol. The molecule has 0 aromatic carbocycles. The van der Waals surface area contributed by atoms with Crippen LogP contribution in [0.15, 0.2) is 0 Å². The van der Waals surface area contributed by atoms with Crippen LogP contribution >= 0.6 is 0 Å². The molecule has 0 bridgehead atoms. The molecule has 2 fully saturated rings. The fourth-order valence-electron chi connectivity index (χ4n) is 3.10. The molecule has 2 aliphatic rings. The third-order valence-electron chi connectivity index (χ3n) is 3.91. The Bertz CT molecular complexity index is 153. The van der Waals surface area contributed by atoms with Crippen LogP contribution in [0.5, 0.6) is 0 Å². The molecule has 0 amide bonds. The summed E-state index contributed by atoms with van der Waals surface area (Å²) in [5.74, 6) is 0. The van der Waals surface area contributed by atoms with Gasteiger partial charge in [-0.2, -0.15) is 0 Å². The van der Waals surface area contributed by atoms with E-state index in [1.165, 1.54) is 58.3 Å². The molecule has 2 heteroatoms. The van der Waals surface area contributed by atoms with E-state index in [1.807, 2.05) is 0 Å². The maximum Gasteiger partial charge on any atom is 0.0233 e. The van der Waals surface area contributed by atoms with Gasteiger partial charge < -0.3 is 5.32 Å². The van der Waals surface area contributed by atoms with Crippen LogP contribution in [-0.2, 0) is 0 Å². The maximum absolute atomic E-state index is 3.47. The third kappa shape index (κ3) is 1.75. The first-order valence-corrected chi connectivity index (χ1v) is 5.83. The van der Waals surface area contributed by atoms with E-state index in [0.717, 1.165) is 0 Å². The summed E-state index contributed by atoms with van der Waals surface area (Å²) in [6.07, 6.45) is 7.07. The molecule has 0 atom stereocenters. The Hall–Kier alpha value is -0.0800. The van der Waals surface area contributed by atoms with Crippen LogP contribution in [0.4, 0.5) is 0 Å². The van der Waals surface area contributed by atoms with Crippen LogP contribution in [0.25, 0.3) is 0 Å². The first kappa shape index (κ1) is 9.47. The first-order valence-electron chi connectivity index (χ1n) is 5.83. The van der Waals surface area contributed by atoms with Gasteiger partial charge in [-0.05, 0) is 51.9 Å². The average molecular weight is 182 g/mol. The summed E-state index contributed by atoms with van der Waals surface area (Å²) in [5.41, 5.74) is 0.595. The van der Waals surface area contributed by atoms with Gasteiger partial charge in [0.05, 0.1) is 0 Å². The van der Waals surface area contributed by atoms with Crippen LogP contribution in [0, 0.1) is 0 Å². The van der Waals surface area contributed by atoms with Crippen LogP contribution in [0.3, 0.4) is 0 Å². The molecule has 0 saturated carbocycles. The van der Waals surface area contributed by atoms with Crippen molar-refractivity contribution in [3.8, 4) is 0 Å². The van der Waals surface area contributed by atoms with Gasteiger partial charge in [-0.3, -0.25) is 4.90 Å². The SMILES string of the molecule is CCN1CCCCC12CCNCC2.